The first-order chi connectivity index (χ1) is 8.31. The first-order valence-electron chi connectivity index (χ1n) is 6.18. The third-order valence-corrected chi connectivity index (χ3v) is 4.68. The van der Waals surface area contributed by atoms with Crippen molar-refractivity contribution >= 4 is 15.9 Å². The second-order valence-corrected chi connectivity index (χ2v) is 7.30. The van der Waals surface area contributed by atoms with Gasteiger partial charge in [0.05, 0.1) is 5.69 Å². The number of rotatable bonds is 1. The van der Waals surface area contributed by atoms with Gasteiger partial charge >= 0.3 is 10.2 Å². The smallest absolute Gasteiger partial charge is 0.258 e. The van der Waals surface area contributed by atoms with Crippen LogP contribution in [-0.4, -0.2) is 21.5 Å². The Kier molecular flexibility index (Phi) is 3.38. The largest absolute Gasteiger partial charge is 0.301 e. The highest BCUT2D eigenvalue weighted by Crippen LogP contribution is 2.26. The molecule has 0 radical (unpaired) electrons. The van der Waals surface area contributed by atoms with Crippen molar-refractivity contribution in [3.05, 3.63) is 29.8 Å². The second kappa shape index (κ2) is 4.55. The zero-order valence-corrected chi connectivity index (χ0v) is 11.9. The molecule has 1 N–H and O–H groups in total. The molecule has 5 heteroatoms. The maximum Gasteiger partial charge on any atom is 0.301 e. The van der Waals surface area contributed by atoms with Crippen molar-refractivity contribution in [2.24, 2.45) is 0 Å². The van der Waals surface area contributed by atoms with Crippen LogP contribution in [0.1, 0.15) is 32.8 Å². The Balaban J connectivity index is 2.29. The maximum atomic E-state index is 11.9. The summed E-state index contributed by atoms with van der Waals surface area (Å²) >= 11 is 0. The molecule has 0 atom stereocenters. The fraction of sp³-hybridized carbons (Fsp3) is 0.538. The van der Waals surface area contributed by atoms with Crippen LogP contribution in [0.15, 0.2) is 24.3 Å². The molecule has 1 aromatic carbocycles. The lowest BCUT2D eigenvalue weighted by molar-refractivity contribution is 0.560. The minimum Gasteiger partial charge on any atom is -0.258 e. The Labute approximate surface area is 109 Å². The average Bonchev–Trinajstić information content (AvgIpc) is 2.27. The number of nitrogens with zero attached hydrogens (tertiary/aromatic N) is 1. The number of benzene rings is 1. The van der Waals surface area contributed by atoms with E-state index in [0.717, 1.165) is 12.1 Å². The van der Waals surface area contributed by atoms with Crippen molar-refractivity contribution in [1.29, 1.82) is 0 Å². The van der Waals surface area contributed by atoms with Crippen LogP contribution in [0, 0.1) is 0 Å². The van der Waals surface area contributed by atoms with Gasteiger partial charge in [0.25, 0.3) is 0 Å². The van der Waals surface area contributed by atoms with E-state index in [9.17, 15) is 8.42 Å². The van der Waals surface area contributed by atoms with Crippen molar-refractivity contribution in [1.82, 2.24) is 4.72 Å². The third kappa shape index (κ3) is 2.67. The van der Waals surface area contributed by atoms with Crippen LogP contribution in [-0.2, 0) is 15.6 Å². The Morgan fingerprint density at radius 2 is 1.78 bits per heavy atom. The Bertz CT molecular complexity index is 515. The number of hydrogen-bond acceptors (Lipinski definition) is 2. The van der Waals surface area contributed by atoms with Gasteiger partial charge in [0.15, 0.2) is 0 Å². The lowest BCUT2D eigenvalue weighted by Crippen LogP contribution is -2.47. The van der Waals surface area contributed by atoms with E-state index in [-0.39, 0.29) is 5.41 Å². The van der Waals surface area contributed by atoms with Gasteiger partial charge in [0.1, 0.15) is 0 Å². The van der Waals surface area contributed by atoms with Gasteiger partial charge < -0.3 is 0 Å². The van der Waals surface area contributed by atoms with E-state index in [0.29, 0.717) is 13.1 Å². The molecule has 1 saturated heterocycles. The second-order valence-electron chi connectivity index (χ2n) is 5.62. The predicted octanol–water partition coefficient (Wildman–Crippen LogP) is 2.03. The van der Waals surface area contributed by atoms with Crippen LogP contribution >= 0.6 is 0 Å². The molecule has 0 saturated carbocycles. The zero-order chi connectivity index (χ0) is 13.4. The van der Waals surface area contributed by atoms with Crippen LogP contribution in [0.25, 0.3) is 0 Å². The summed E-state index contributed by atoms with van der Waals surface area (Å²) in [4.78, 5) is 0. The molecule has 0 aliphatic carbocycles. The highest BCUT2D eigenvalue weighted by atomic mass is 32.2. The molecule has 1 fully saturated rings. The molecule has 4 nitrogen and oxygen atoms in total. The first-order valence-corrected chi connectivity index (χ1v) is 7.62. The van der Waals surface area contributed by atoms with Gasteiger partial charge in [-0.15, -0.1) is 0 Å². The van der Waals surface area contributed by atoms with Crippen LogP contribution in [0.4, 0.5) is 5.69 Å². The molecule has 100 valence electrons. The van der Waals surface area contributed by atoms with Gasteiger partial charge in [0, 0.05) is 13.1 Å². The van der Waals surface area contributed by atoms with Crippen LogP contribution < -0.4 is 9.03 Å². The fourth-order valence-corrected chi connectivity index (χ4v) is 3.34. The fourth-order valence-electron chi connectivity index (χ4n) is 2.02. The predicted molar refractivity (Wildman–Crippen MR) is 74.0 cm³/mol. The first kappa shape index (κ1) is 13.4. The van der Waals surface area contributed by atoms with Gasteiger partial charge in [0.2, 0.25) is 0 Å². The highest BCUT2D eigenvalue weighted by molar-refractivity contribution is 7.90. The van der Waals surface area contributed by atoms with Gasteiger partial charge in [-0.2, -0.15) is 13.1 Å². The molecular weight excluding hydrogens is 248 g/mol. The Morgan fingerprint density at radius 1 is 1.17 bits per heavy atom. The zero-order valence-electron chi connectivity index (χ0n) is 11.1. The van der Waals surface area contributed by atoms with Crippen molar-refractivity contribution in [2.45, 2.75) is 32.6 Å². The van der Waals surface area contributed by atoms with E-state index in [2.05, 4.69) is 25.5 Å². The number of anilines is 1. The Hall–Kier alpha value is -1.07. The van der Waals surface area contributed by atoms with E-state index < -0.39 is 10.2 Å². The van der Waals surface area contributed by atoms with E-state index in [1.807, 2.05) is 24.3 Å². The molecule has 18 heavy (non-hydrogen) atoms. The van der Waals surface area contributed by atoms with Gasteiger partial charge in [-0.3, -0.25) is 4.31 Å². The summed E-state index contributed by atoms with van der Waals surface area (Å²) in [6.45, 7) is 7.49. The number of hydrogen-bond donors (Lipinski definition) is 1. The SMILES string of the molecule is CC(C)(C)c1ccc(N2CCCNS2(=O)=O)cc1. The van der Waals surface area contributed by atoms with E-state index in [1.165, 1.54) is 9.87 Å². The van der Waals surface area contributed by atoms with Crippen molar-refractivity contribution < 1.29 is 8.42 Å². The molecule has 1 aliphatic heterocycles. The lowest BCUT2D eigenvalue weighted by atomic mass is 9.87. The van der Waals surface area contributed by atoms with Crippen molar-refractivity contribution in [2.75, 3.05) is 17.4 Å². The number of nitrogens with one attached hydrogen (secondary N) is 1. The minimum absolute atomic E-state index is 0.0809. The van der Waals surface area contributed by atoms with E-state index in [1.54, 1.807) is 0 Å². The van der Waals surface area contributed by atoms with Gasteiger partial charge in [-0.05, 0) is 29.5 Å². The molecule has 2 rings (SSSR count). The van der Waals surface area contributed by atoms with E-state index in [4.69, 9.17) is 0 Å². The quantitative estimate of drug-likeness (QED) is 0.847. The molecule has 0 spiro atoms. The molecule has 0 aromatic heterocycles. The van der Waals surface area contributed by atoms with E-state index >= 15 is 0 Å². The van der Waals surface area contributed by atoms with Crippen LogP contribution in [0.5, 0.6) is 0 Å². The molecule has 0 amide bonds. The summed E-state index contributed by atoms with van der Waals surface area (Å²) in [7, 11) is -3.34. The summed E-state index contributed by atoms with van der Waals surface area (Å²) in [6.07, 6.45) is 0.834. The molecule has 1 aromatic rings. The minimum atomic E-state index is -3.34. The summed E-state index contributed by atoms with van der Waals surface area (Å²) < 4.78 is 27.7. The monoisotopic (exact) mass is 268 g/mol. The van der Waals surface area contributed by atoms with Crippen LogP contribution in [0.3, 0.4) is 0 Å². The average molecular weight is 268 g/mol. The summed E-state index contributed by atoms with van der Waals surface area (Å²) in [5.41, 5.74) is 2.01. The summed E-state index contributed by atoms with van der Waals surface area (Å²) in [5.74, 6) is 0. The Morgan fingerprint density at radius 3 is 2.28 bits per heavy atom. The van der Waals surface area contributed by atoms with Crippen molar-refractivity contribution in [3.63, 3.8) is 0 Å². The lowest BCUT2D eigenvalue weighted by Gasteiger charge is -2.29. The third-order valence-electron chi connectivity index (χ3n) is 3.13. The topological polar surface area (TPSA) is 49.4 Å². The van der Waals surface area contributed by atoms with Crippen LogP contribution in [0.2, 0.25) is 0 Å². The molecule has 0 unspecified atom stereocenters. The van der Waals surface area contributed by atoms with Gasteiger partial charge in [-0.25, -0.2) is 0 Å². The molecule has 1 heterocycles. The maximum absolute atomic E-state index is 11.9. The molecule has 1 aliphatic rings. The van der Waals surface area contributed by atoms with Gasteiger partial charge in [-0.1, -0.05) is 32.9 Å². The van der Waals surface area contributed by atoms with Crippen molar-refractivity contribution in [3.8, 4) is 0 Å². The summed E-state index contributed by atoms with van der Waals surface area (Å²) in [5, 5.41) is 0. The standard InChI is InChI=1S/C13H20N2O2S/c1-13(2,3)11-5-7-12(8-6-11)15-10-4-9-14-18(15,16)17/h5-8,14H,4,9-10H2,1-3H3. The summed E-state index contributed by atoms with van der Waals surface area (Å²) in [6, 6.07) is 7.76. The highest BCUT2D eigenvalue weighted by Gasteiger charge is 2.25. The molecular formula is C13H20N2O2S. The normalized spacial score (nSPS) is 19.8. The molecule has 0 bridgehead atoms.